The van der Waals surface area contributed by atoms with Crippen molar-refractivity contribution in [3.05, 3.63) is 34.9 Å². The first-order valence-corrected chi connectivity index (χ1v) is 8.68. The Labute approximate surface area is 149 Å². The Morgan fingerprint density at radius 3 is 2.65 bits per heavy atom. The maximum absolute atomic E-state index is 12.6. The lowest BCUT2D eigenvalue weighted by atomic mass is 9.96. The monoisotopic (exact) mass is 369 g/mol. The van der Waals surface area contributed by atoms with Crippen LogP contribution in [0.1, 0.15) is 19.3 Å². The summed E-state index contributed by atoms with van der Waals surface area (Å²) >= 11 is 0. The summed E-state index contributed by atoms with van der Waals surface area (Å²) in [5, 5.41) is 0.538. The number of piperidine rings is 1. The van der Waals surface area contributed by atoms with Crippen LogP contribution in [0.15, 0.2) is 29.3 Å². The van der Waals surface area contributed by atoms with E-state index in [1.165, 1.54) is 0 Å². The molecule has 0 bridgehead atoms. The molecule has 1 saturated heterocycles. The fourth-order valence-electron chi connectivity index (χ4n) is 3.35. The van der Waals surface area contributed by atoms with Crippen LogP contribution in [0, 0.1) is 5.92 Å². The zero-order chi connectivity index (χ0) is 18.7. The van der Waals surface area contributed by atoms with Gasteiger partial charge in [-0.05, 0) is 44.0 Å². The van der Waals surface area contributed by atoms with Gasteiger partial charge < -0.3 is 9.64 Å². The zero-order valence-corrected chi connectivity index (χ0v) is 14.6. The molecular weight excluding hydrogens is 347 g/mol. The number of halogens is 3. The Kier molecular flexibility index (Phi) is 5.50. The first-order chi connectivity index (χ1) is 12.4. The van der Waals surface area contributed by atoms with E-state index < -0.39 is 12.6 Å². The van der Waals surface area contributed by atoms with Gasteiger partial charge in [0.15, 0.2) is 0 Å². The maximum atomic E-state index is 12.6. The molecule has 1 aliphatic rings. The van der Waals surface area contributed by atoms with Crippen LogP contribution in [0.25, 0.3) is 10.9 Å². The van der Waals surface area contributed by atoms with E-state index in [9.17, 15) is 18.0 Å². The predicted octanol–water partition coefficient (Wildman–Crippen LogP) is 3.07. The molecule has 0 unspecified atom stereocenters. The van der Waals surface area contributed by atoms with Crippen LogP contribution in [0.4, 0.5) is 13.2 Å². The molecule has 3 rings (SSSR count). The average molecular weight is 369 g/mol. The third-order valence-corrected chi connectivity index (χ3v) is 4.91. The van der Waals surface area contributed by atoms with E-state index >= 15 is 0 Å². The van der Waals surface area contributed by atoms with E-state index in [1.54, 1.807) is 36.2 Å². The Morgan fingerprint density at radius 1 is 1.27 bits per heavy atom. The second-order valence-corrected chi connectivity index (χ2v) is 6.74. The molecule has 0 amide bonds. The highest BCUT2D eigenvalue weighted by Gasteiger charge is 2.29. The molecule has 0 atom stereocenters. The van der Waals surface area contributed by atoms with Gasteiger partial charge in [-0.25, -0.2) is 4.98 Å². The molecule has 0 spiro atoms. The minimum Gasteiger partial charge on any atom is -0.497 e. The minimum atomic E-state index is -4.11. The third-order valence-electron chi connectivity index (χ3n) is 4.91. The molecule has 0 saturated carbocycles. The number of fused-ring (bicyclic) bond motifs is 1. The number of ether oxygens (including phenoxy) is 1. The van der Waals surface area contributed by atoms with Crippen LogP contribution in [0.5, 0.6) is 5.75 Å². The fraction of sp³-hybridized carbons (Fsp3) is 0.556. The number of aromatic nitrogens is 2. The van der Waals surface area contributed by atoms with Crippen molar-refractivity contribution in [3.8, 4) is 5.75 Å². The molecule has 1 aromatic carbocycles. The summed E-state index contributed by atoms with van der Waals surface area (Å²) in [6.45, 7) is 1.86. The SMILES string of the molecule is COc1ccc2c(=O)n(CC3CCN(CCC(F)(F)F)CC3)cnc2c1. The van der Waals surface area contributed by atoms with Gasteiger partial charge >= 0.3 is 6.18 Å². The first-order valence-electron chi connectivity index (χ1n) is 8.68. The van der Waals surface area contributed by atoms with Crippen molar-refractivity contribution >= 4 is 10.9 Å². The molecule has 2 aromatic rings. The van der Waals surface area contributed by atoms with Gasteiger partial charge in [0, 0.05) is 19.2 Å². The number of rotatable bonds is 5. The lowest BCUT2D eigenvalue weighted by molar-refractivity contribution is -0.138. The quantitative estimate of drug-likeness (QED) is 0.813. The van der Waals surface area contributed by atoms with Crippen molar-refractivity contribution in [2.45, 2.75) is 32.0 Å². The predicted molar refractivity (Wildman–Crippen MR) is 92.4 cm³/mol. The van der Waals surface area contributed by atoms with E-state index in [-0.39, 0.29) is 18.0 Å². The number of hydrogen-bond donors (Lipinski definition) is 0. The maximum Gasteiger partial charge on any atom is 0.390 e. The summed E-state index contributed by atoms with van der Waals surface area (Å²) in [6.07, 6.45) is -1.77. The van der Waals surface area contributed by atoms with Crippen molar-refractivity contribution in [2.75, 3.05) is 26.7 Å². The smallest absolute Gasteiger partial charge is 0.390 e. The highest BCUT2D eigenvalue weighted by molar-refractivity contribution is 5.78. The number of methoxy groups -OCH3 is 1. The largest absolute Gasteiger partial charge is 0.497 e. The van der Waals surface area contributed by atoms with E-state index in [1.807, 2.05) is 4.90 Å². The summed E-state index contributed by atoms with van der Waals surface area (Å²) in [7, 11) is 1.56. The van der Waals surface area contributed by atoms with E-state index in [4.69, 9.17) is 4.74 Å². The Morgan fingerprint density at radius 2 is 2.00 bits per heavy atom. The molecule has 26 heavy (non-hydrogen) atoms. The number of hydrogen-bond acceptors (Lipinski definition) is 4. The second kappa shape index (κ2) is 7.65. The highest BCUT2D eigenvalue weighted by atomic mass is 19.4. The zero-order valence-electron chi connectivity index (χ0n) is 14.6. The fourth-order valence-corrected chi connectivity index (χ4v) is 3.35. The van der Waals surface area contributed by atoms with Gasteiger partial charge in [-0.2, -0.15) is 13.2 Å². The van der Waals surface area contributed by atoms with E-state index in [2.05, 4.69) is 4.98 Å². The average Bonchev–Trinajstić information content (AvgIpc) is 2.62. The summed E-state index contributed by atoms with van der Waals surface area (Å²) < 4.78 is 43.7. The van der Waals surface area contributed by atoms with Crippen LogP contribution in [-0.2, 0) is 6.54 Å². The third kappa shape index (κ3) is 4.55. The molecule has 0 aliphatic carbocycles. The summed E-state index contributed by atoms with van der Waals surface area (Å²) in [6, 6.07) is 5.16. The van der Waals surface area contributed by atoms with Gasteiger partial charge in [0.25, 0.3) is 5.56 Å². The van der Waals surface area contributed by atoms with Gasteiger partial charge in [-0.3, -0.25) is 9.36 Å². The van der Waals surface area contributed by atoms with Crippen molar-refractivity contribution in [3.63, 3.8) is 0 Å². The molecule has 0 radical (unpaired) electrons. The van der Waals surface area contributed by atoms with Crippen molar-refractivity contribution in [2.24, 2.45) is 5.92 Å². The molecule has 8 heteroatoms. The molecule has 2 heterocycles. The van der Waals surface area contributed by atoms with Crippen LogP contribution >= 0.6 is 0 Å². The van der Waals surface area contributed by atoms with Crippen LogP contribution in [0.3, 0.4) is 0 Å². The van der Waals surface area contributed by atoms with Gasteiger partial charge in [0.1, 0.15) is 5.75 Å². The van der Waals surface area contributed by atoms with Gasteiger partial charge in [0.05, 0.1) is 30.8 Å². The van der Waals surface area contributed by atoms with Crippen molar-refractivity contribution in [1.29, 1.82) is 0 Å². The van der Waals surface area contributed by atoms with Gasteiger partial charge in [-0.1, -0.05) is 0 Å². The lowest BCUT2D eigenvalue weighted by Crippen LogP contribution is -2.38. The molecule has 5 nitrogen and oxygen atoms in total. The molecular formula is C18H22F3N3O2. The lowest BCUT2D eigenvalue weighted by Gasteiger charge is -2.32. The second-order valence-electron chi connectivity index (χ2n) is 6.74. The normalized spacial score (nSPS) is 16.9. The molecule has 1 aromatic heterocycles. The molecule has 1 aliphatic heterocycles. The molecule has 0 N–H and O–H groups in total. The standard InChI is InChI=1S/C18H22F3N3O2/c1-26-14-2-3-15-16(10-14)22-12-24(17(15)25)11-13-4-7-23(8-5-13)9-6-18(19,20)21/h2-3,10,12-13H,4-9,11H2,1H3. The summed E-state index contributed by atoms with van der Waals surface area (Å²) in [5.74, 6) is 0.917. The Hall–Kier alpha value is -2.09. The van der Waals surface area contributed by atoms with E-state index in [0.29, 0.717) is 36.3 Å². The summed E-state index contributed by atoms with van der Waals surface area (Å²) in [5.41, 5.74) is 0.490. The van der Waals surface area contributed by atoms with Gasteiger partial charge in [0.2, 0.25) is 0 Å². The first kappa shape index (κ1) is 18.7. The Bertz CT molecular complexity index is 811. The number of likely N-dealkylation sites (tertiary alicyclic amines) is 1. The molecule has 1 fully saturated rings. The topological polar surface area (TPSA) is 47.4 Å². The Balaban J connectivity index is 1.62. The van der Waals surface area contributed by atoms with Crippen molar-refractivity contribution < 1.29 is 17.9 Å². The highest BCUT2D eigenvalue weighted by Crippen LogP contribution is 2.23. The number of alkyl halides is 3. The van der Waals surface area contributed by atoms with E-state index in [0.717, 1.165) is 12.8 Å². The molecule has 142 valence electrons. The minimum absolute atomic E-state index is 0.0511. The number of nitrogens with zero attached hydrogens (tertiary/aromatic N) is 3. The summed E-state index contributed by atoms with van der Waals surface area (Å²) in [4.78, 5) is 18.8. The van der Waals surface area contributed by atoms with Crippen LogP contribution in [-0.4, -0.2) is 47.4 Å². The van der Waals surface area contributed by atoms with Gasteiger partial charge in [-0.15, -0.1) is 0 Å². The van der Waals surface area contributed by atoms with Crippen molar-refractivity contribution in [1.82, 2.24) is 14.5 Å². The van der Waals surface area contributed by atoms with Crippen LogP contribution < -0.4 is 10.3 Å². The number of benzene rings is 1. The van der Waals surface area contributed by atoms with Crippen LogP contribution in [0.2, 0.25) is 0 Å².